The molecule has 0 aliphatic carbocycles. The number of aryl methyl sites for hydroxylation is 1. The Kier molecular flexibility index (Phi) is 7.43. The second-order valence-electron chi connectivity index (χ2n) is 7.60. The van der Waals surface area contributed by atoms with Gasteiger partial charge in [0.05, 0.1) is 18.6 Å². The number of ether oxygens (including phenoxy) is 1. The number of hydrogen-bond acceptors (Lipinski definition) is 8. The molecule has 0 unspecified atom stereocenters. The van der Waals surface area contributed by atoms with Crippen molar-refractivity contribution in [2.24, 2.45) is 7.05 Å². The smallest absolute Gasteiger partial charge is 0.235 e. The molecule has 0 bridgehead atoms. The van der Waals surface area contributed by atoms with Gasteiger partial charge in [0.1, 0.15) is 11.6 Å². The molecule has 3 rings (SSSR count). The van der Waals surface area contributed by atoms with E-state index < -0.39 is 0 Å². The third-order valence-corrected chi connectivity index (χ3v) is 7.41. The number of nitrogens with one attached hydrogen (secondary N) is 1. The number of nitrogens with zero attached hydrogens (tertiary/aromatic N) is 4. The quantitative estimate of drug-likeness (QED) is 0.489. The van der Waals surface area contributed by atoms with E-state index in [2.05, 4.69) is 41.4 Å². The molecule has 0 saturated heterocycles. The Morgan fingerprint density at radius 1 is 1.17 bits per heavy atom. The van der Waals surface area contributed by atoms with Gasteiger partial charge >= 0.3 is 0 Å². The minimum atomic E-state index is -0.0916. The lowest BCUT2D eigenvalue weighted by Crippen LogP contribution is -2.16. The molecule has 30 heavy (non-hydrogen) atoms. The molecule has 1 amide bonds. The first kappa shape index (κ1) is 22.6. The highest BCUT2D eigenvalue weighted by Gasteiger charge is 2.19. The minimum Gasteiger partial charge on any atom is -0.497 e. The van der Waals surface area contributed by atoms with Gasteiger partial charge in [0.2, 0.25) is 5.91 Å². The third-order valence-electron chi connectivity index (χ3n) is 4.15. The summed E-state index contributed by atoms with van der Waals surface area (Å²) in [5.74, 6) is 2.52. The first-order valence-electron chi connectivity index (χ1n) is 9.31. The monoisotopic (exact) mass is 463 g/mol. The van der Waals surface area contributed by atoms with Crippen molar-refractivity contribution in [3.8, 4) is 5.75 Å². The van der Waals surface area contributed by atoms with Crippen LogP contribution in [0.5, 0.6) is 5.75 Å². The number of anilines is 1. The predicted molar refractivity (Wildman–Crippen MR) is 124 cm³/mol. The normalized spacial score (nSPS) is 11.5. The standard InChI is InChI=1S/C20H25N5O2S3/c1-20(2,3)15-10-16(25(4)24-15)21-17(26)12-29-19-23-22-18(30-19)28-11-13-6-8-14(27-5)9-7-13/h6-10H,11-12H2,1-5H3,(H,21,26). The zero-order chi connectivity index (χ0) is 21.7. The largest absolute Gasteiger partial charge is 0.497 e. The van der Waals surface area contributed by atoms with Crippen molar-refractivity contribution in [1.82, 2.24) is 20.0 Å². The highest BCUT2D eigenvalue weighted by Crippen LogP contribution is 2.31. The maximum absolute atomic E-state index is 12.3. The SMILES string of the molecule is COc1ccc(CSc2nnc(SCC(=O)Nc3cc(C(C)(C)C)nn3C)s2)cc1. The highest BCUT2D eigenvalue weighted by molar-refractivity contribution is 8.03. The average molecular weight is 464 g/mol. The van der Waals surface area contributed by atoms with Gasteiger partial charge in [-0.2, -0.15) is 5.10 Å². The molecule has 2 aromatic heterocycles. The fourth-order valence-corrected chi connectivity index (χ4v) is 5.21. The van der Waals surface area contributed by atoms with Crippen molar-refractivity contribution in [3.63, 3.8) is 0 Å². The first-order chi connectivity index (χ1) is 14.2. The van der Waals surface area contributed by atoms with Gasteiger partial charge in [-0.25, -0.2) is 0 Å². The van der Waals surface area contributed by atoms with E-state index in [0.717, 1.165) is 25.9 Å². The molecule has 1 N–H and O–H groups in total. The second kappa shape index (κ2) is 9.84. The number of carbonyl (C=O) groups excluding carboxylic acids is 1. The van der Waals surface area contributed by atoms with Gasteiger partial charge < -0.3 is 10.1 Å². The Morgan fingerprint density at radius 2 is 1.83 bits per heavy atom. The summed E-state index contributed by atoms with van der Waals surface area (Å²) < 4.78 is 8.54. The van der Waals surface area contributed by atoms with Crippen molar-refractivity contribution >= 4 is 46.6 Å². The predicted octanol–water partition coefficient (Wildman–Crippen LogP) is 4.60. The summed E-state index contributed by atoms with van der Waals surface area (Å²) >= 11 is 4.52. The van der Waals surface area contributed by atoms with Crippen molar-refractivity contribution in [2.45, 2.75) is 40.6 Å². The summed E-state index contributed by atoms with van der Waals surface area (Å²) in [6.45, 7) is 6.28. The van der Waals surface area contributed by atoms with Crippen molar-refractivity contribution in [2.75, 3.05) is 18.2 Å². The summed E-state index contributed by atoms with van der Waals surface area (Å²) in [6, 6.07) is 9.89. The Morgan fingerprint density at radius 3 is 2.43 bits per heavy atom. The average Bonchev–Trinajstić information content (AvgIpc) is 3.32. The van der Waals surface area contributed by atoms with Gasteiger partial charge in [-0.05, 0) is 17.7 Å². The molecular weight excluding hydrogens is 438 g/mol. The maximum Gasteiger partial charge on any atom is 0.235 e. The Balaban J connectivity index is 1.47. The van der Waals surface area contributed by atoms with Gasteiger partial charge in [-0.3, -0.25) is 9.48 Å². The molecule has 0 radical (unpaired) electrons. The molecule has 0 aliphatic heterocycles. The first-order valence-corrected chi connectivity index (χ1v) is 12.1. The fraction of sp³-hybridized carbons (Fsp3) is 0.400. The molecule has 160 valence electrons. The molecule has 0 saturated carbocycles. The third kappa shape index (κ3) is 6.23. The van der Waals surface area contributed by atoms with Gasteiger partial charge in [-0.15, -0.1) is 10.2 Å². The van der Waals surface area contributed by atoms with Crippen LogP contribution in [0, 0.1) is 0 Å². The zero-order valence-electron chi connectivity index (χ0n) is 17.6. The maximum atomic E-state index is 12.3. The topological polar surface area (TPSA) is 81.9 Å². The number of aromatic nitrogens is 4. The van der Waals surface area contributed by atoms with E-state index in [1.165, 1.54) is 28.7 Å². The van der Waals surface area contributed by atoms with E-state index in [9.17, 15) is 4.79 Å². The number of hydrogen-bond donors (Lipinski definition) is 1. The number of rotatable bonds is 8. The van der Waals surface area contributed by atoms with Crippen LogP contribution >= 0.6 is 34.9 Å². The van der Waals surface area contributed by atoms with Crippen molar-refractivity contribution in [3.05, 3.63) is 41.6 Å². The molecule has 0 spiro atoms. The highest BCUT2D eigenvalue weighted by atomic mass is 32.2. The van der Waals surface area contributed by atoms with Crippen LogP contribution < -0.4 is 10.1 Å². The molecule has 1 aromatic carbocycles. The van der Waals surface area contributed by atoms with Crippen molar-refractivity contribution in [1.29, 1.82) is 0 Å². The molecule has 0 atom stereocenters. The molecule has 7 nitrogen and oxygen atoms in total. The zero-order valence-corrected chi connectivity index (χ0v) is 20.1. The number of thioether (sulfide) groups is 2. The lowest BCUT2D eigenvalue weighted by atomic mass is 9.92. The number of carbonyl (C=O) groups is 1. The summed E-state index contributed by atoms with van der Waals surface area (Å²) in [4.78, 5) is 12.3. The van der Waals surface area contributed by atoms with E-state index in [4.69, 9.17) is 4.74 Å². The van der Waals surface area contributed by atoms with E-state index >= 15 is 0 Å². The lowest BCUT2D eigenvalue weighted by Gasteiger charge is -2.13. The summed E-state index contributed by atoms with van der Waals surface area (Å²) in [7, 11) is 3.49. The van der Waals surface area contributed by atoms with Crippen LogP contribution in [0.2, 0.25) is 0 Å². The number of amides is 1. The van der Waals surface area contributed by atoms with E-state index in [1.54, 1.807) is 23.6 Å². The number of benzene rings is 1. The van der Waals surface area contributed by atoms with Crippen LogP contribution in [0.4, 0.5) is 5.82 Å². The Bertz CT molecular complexity index is 993. The minimum absolute atomic E-state index is 0.0675. The molecule has 10 heteroatoms. The summed E-state index contributed by atoms with van der Waals surface area (Å²) in [5, 5.41) is 15.8. The van der Waals surface area contributed by atoms with Gasteiger partial charge in [-0.1, -0.05) is 67.8 Å². The van der Waals surface area contributed by atoms with Crippen LogP contribution in [0.25, 0.3) is 0 Å². The molecule has 0 aliphatic rings. The van der Waals surface area contributed by atoms with Crippen LogP contribution in [0.1, 0.15) is 32.0 Å². The van der Waals surface area contributed by atoms with E-state index in [-0.39, 0.29) is 17.1 Å². The second-order valence-corrected chi connectivity index (χ2v) is 11.0. The summed E-state index contributed by atoms with van der Waals surface area (Å²) in [6.07, 6.45) is 0. The van der Waals surface area contributed by atoms with E-state index in [1.807, 2.05) is 37.4 Å². The molecule has 2 heterocycles. The van der Waals surface area contributed by atoms with Crippen LogP contribution in [-0.4, -0.2) is 38.7 Å². The number of methoxy groups -OCH3 is 1. The van der Waals surface area contributed by atoms with Gasteiger partial charge in [0.15, 0.2) is 8.68 Å². The van der Waals surface area contributed by atoms with Gasteiger partial charge in [0.25, 0.3) is 0 Å². The summed E-state index contributed by atoms with van der Waals surface area (Å²) in [5.41, 5.74) is 2.06. The lowest BCUT2D eigenvalue weighted by molar-refractivity contribution is -0.113. The Hall–Kier alpha value is -2.04. The Labute approximate surface area is 189 Å². The molecule has 0 fully saturated rings. The van der Waals surface area contributed by atoms with Crippen LogP contribution in [0.15, 0.2) is 39.0 Å². The van der Waals surface area contributed by atoms with Crippen molar-refractivity contribution < 1.29 is 9.53 Å². The van der Waals surface area contributed by atoms with Crippen LogP contribution in [0.3, 0.4) is 0 Å². The molecule has 3 aromatic rings. The molecular formula is C20H25N5O2S3. The van der Waals surface area contributed by atoms with Gasteiger partial charge in [0, 0.05) is 24.3 Å². The van der Waals surface area contributed by atoms with Crippen LogP contribution in [-0.2, 0) is 23.0 Å². The fourth-order valence-electron chi connectivity index (χ4n) is 2.44. The van der Waals surface area contributed by atoms with E-state index in [0.29, 0.717) is 5.82 Å².